The van der Waals surface area contributed by atoms with Crippen molar-refractivity contribution in [2.75, 3.05) is 13.1 Å². The summed E-state index contributed by atoms with van der Waals surface area (Å²) in [5, 5.41) is 21.3. The number of carboxylic acid groups (broad SMARTS) is 1. The lowest BCUT2D eigenvalue weighted by molar-refractivity contribution is -0.771. The van der Waals surface area contributed by atoms with E-state index in [1.165, 1.54) is 12.1 Å². The minimum atomic E-state index is -0.918. The number of carbonyl (C=O) groups is 2. The number of nitrogens with zero attached hydrogens (tertiary/aromatic N) is 2. The number of hydrogen-bond acceptors (Lipinski definition) is 4. The van der Waals surface area contributed by atoms with Crippen LogP contribution in [0, 0.1) is 0 Å². The fraction of sp³-hybridized carbons (Fsp3) is 0.389. The van der Waals surface area contributed by atoms with Crippen molar-refractivity contribution < 1.29 is 24.3 Å². The lowest BCUT2D eigenvalue weighted by Crippen LogP contribution is -2.45. The molecule has 0 saturated carbocycles. The van der Waals surface area contributed by atoms with Crippen LogP contribution in [0.5, 0.6) is 5.75 Å². The van der Waals surface area contributed by atoms with E-state index in [4.69, 9.17) is 0 Å². The Morgan fingerprint density at radius 1 is 1.24 bits per heavy atom. The number of hydrogen-bond donors (Lipinski definition) is 3. The molecule has 0 aromatic heterocycles. The molecule has 134 valence electrons. The van der Waals surface area contributed by atoms with Crippen molar-refractivity contribution in [2.24, 2.45) is 4.99 Å². The number of benzene rings is 1. The second-order valence-corrected chi connectivity index (χ2v) is 6.20. The zero-order chi connectivity index (χ0) is 18.3. The first kappa shape index (κ1) is 18.7. The SMILES string of the molecule is CCCCCC[N+]1(CC(=O)O)C=NC(NC(=O)c2cccc(O)c2)=C1. The molecule has 1 aliphatic rings. The van der Waals surface area contributed by atoms with Crippen LogP contribution < -0.4 is 5.32 Å². The van der Waals surface area contributed by atoms with Crippen molar-refractivity contribution in [3.8, 4) is 5.75 Å². The van der Waals surface area contributed by atoms with Crippen molar-refractivity contribution in [3.63, 3.8) is 0 Å². The van der Waals surface area contributed by atoms with E-state index in [9.17, 15) is 19.8 Å². The molecule has 7 nitrogen and oxygen atoms in total. The number of aliphatic imine (C=N–C) groups is 1. The lowest BCUT2D eigenvalue weighted by Gasteiger charge is -2.25. The first-order chi connectivity index (χ1) is 11.9. The van der Waals surface area contributed by atoms with Crippen LogP contribution in [0.4, 0.5) is 0 Å². The number of rotatable bonds is 9. The highest BCUT2D eigenvalue weighted by Crippen LogP contribution is 2.18. The number of aliphatic carboxylic acids is 1. The van der Waals surface area contributed by atoms with Gasteiger partial charge in [-0.05, 0) is 31.0 Å². The number of amides is 1. The van der Waals surface area contributed by atoms with E-state index in [2.05, 4.69) is 17.2 Å². The quantitative estimate of drug-likeness (QED) is 0.472. The summed E-state index contributed by atoms with van der Waals surface area (Å²) in [5.41, 5.74) is 0.308. The average Bonchev–Trinajstić information content (AvgIpc) is 2.93. The summed E-state index contributed by atoms with van der Waals surface area (Å²) >= 11 is 0. The molecule has 0 saturated heterocycles. The molecule has 1 aromatic rings. The van der Waals surface area contributed by atoms with Crippen molar-refractivity contribution in [2.45, 2.75) is 32.6 Å². The topological polar surface area (TPSA) is 99.0 Å². The van der Waals surface area contributed by atoms with Crippen LogP contribution >= 0.6 is 0 Å². The lowest BCUT2D eigenvalue weighted by atomic mass is 10.2. The molecule has 1 aromatic carbocycles. The van der Waals surface area contributed by atoms with Crippen LogP contribution in [-0.2, 0) is 4.79 Å². The van der Waals surface area contributed by atoms with Crippen LogP contribution in [0.15, 0.2) is 41.3 Å². The number of nitrogens with one attached hydrogen (secondary N) is 1. The van der Waals surface area contributed by atoms with Gasteiger partial charge in [0.15, 0.2) is 18.7 Å². The fourth-order valence-electron chi connectivity index (χ4n) is 2.76. The molecule has 1 aliphatic heterocycles. The number of quaternary nitrogens is 1. The van der Waals surface area contributed by atoms with Crippen molar-refractivity contribution >= 4 is 18.2 Å². The molecule has 0 bridgehead atoms. The molecule has 0 spiro atoms. The van der Waals surface area contributed by atoms with Gasteiger partial charge in [0.1, 0.15) is 11.9 Å². The molecule has 7 heteroatoms. The summed E-state index contributed by atoms with van der Waals surface area (Å²) in [7, 11) is 0. The second-order valence-electron chi connectivity index (χ2n) is 6.20. The Morgan fingerprint density at radius 2 is 2.04 bits per heavy atom. The minimum Gasteiger partial charge on any atom is -0.508 e. The first-order valence-corrected chi connectivity index (χ1v) is 8.41. The molecule has 3 N–H and O–H groups in total. The molecule has 1 heterocycles. The Hall–Kier alpha value is -2.67. The molecule has 1 amide bonds. The maximum atomic E-state index is 12.2. The van der Waals surface area contributed by atoms with E-state index in [0.29, 0.717) is 17.9 Å². The highest BCUT2D eigenvalue weighted by Gasteiger charge is 2.32. The Kier molecular flexibility index (Phi) is 6.30. The molecule has 0 fully saturated rings. The number of phenolic OH excluding ortho intramolecular Hbond substituents is 1. The van der Waals surface area contributed by atoms with E-state index < -0.39 is 11.9 Å². The van der Waals surface area contributed by atoms with Crippen molar-refractivity contribution in [1.29, 1.82) is 0 Å². The van der Waals surface area contributed by atoms with Gasteiger partial charge in [0.2, 0.25) is 0 Å². The summed E-state index contributed by atoms with van der Waals surface area (Å²) in [6.45, 7) is 2.64. The monoisotopic (exact) mass is 346 g/mol. The van der Waals surface area contributed by atoms with Gasteiger partial charge in [-0.2, -0.15) is 4.99 Å². The van der Waals surface area contributed by atoms with Gasteiger partial charge in [-0.3, -0.25) is 4.79 Å². The molecule has 1 atom stereocenters. The number of aromatic hydroxyl groups is 1. The van der Waals surface area contributed by atoms with E-state index in [-0.39, 0.29) is 16.8 Å². The van der Waals surface area contributed by atoms with Gasteiger partial charge in [-0.15, -0.1) is 0 Å². The Morgan fingerprint density at radius 3 is 2.72 bits per heavy atom. The van der Waals surface area contributed by atoms with Crippen LogP contribution in [0.25, 0.3) is 0 Å². The average molecular weight is 346 g/mol. The largest absolute Gasteiger partial charge is 0.508 e. The summed E-state index contributed by atoms with van der Waals surface area (Å²) < 4.78 is 0.0920. The van der Waals surface area contributed by atoms with Crippen LogP contribution in [0.2, 0.25) is 0 Å². The molecule has 2 rings (SSSR count). The van der Waals surface area contributed by atoms with Gasteiger partial charge >= 0.3 is 5.97 Å². The maximum absolute atomic E-state index is 12.2. The third-order valence-electron chi connectivity index (χ3n) is 4.01. The minimum absolute atomic E-state index is 0.00322. The van der Waals surface area contributed by atoms with Gasteiger partial charge in [0.05, 0.1) is 6.54 Å². The van der Waals surface area contributed by atoms with Crippen molar-refractivity contribution in [3.05, 3.63) is 41.8 Å². The van der Waals surface area contributed by atoms with E-state index in [1.807, 2.05) is 0 Å². The normalized spacial score (nSPS) is 18.8. The van der Waals surface area contributed by atoms with Gasteiger partial charge < -0.3 is 15.5 Å². The predicted molar refractivity (Wildman–Crippen MR) is 93.9 cm³/mol. The summed E-state index contributed by atoms with van der Waals surface area (Å²) in [6, 6.07) is 6.00. The number of unbranched alkanes of at least 4 members (excludes halogenated alkanes) is 3. The smallest absolute Gasteiger partial charge is 0.360 e. The second kappa shape index (κ2) is 8.43. The molecule has 25 heavy (non-hydrogen) atoms. The third kappa shape index (κ3) is 5.42. The Labute approximate surface area is 146 Å². The van der Waals surface area contributed by atoms with E-state index >= 15 is 0 Å². The van der Waals surface area contributed by atoms with Gasteiger partial charge in [-0.25, -0.2) is 9.28 Å². The first-order valence-electron chi connectivity index (χ1n) is 8.41. The Balaban J connectivity index is 2.06. The maximum Gasteiger partial charge on any atom is 0.360 e. The Bertz CT molecular complexity index is 699. The molecule has 0 aliphatic carbocycles. The highest BCUT2D eigenvalue weighted by atomic mass is 16.4. The highest BCUT2D eigenvalue weighted by molar-refractivity contribution is 5.95. The summed E-state index contributed by atoms with van der Waals surface area (Å²) in [4.78, 5) is 27.6. The van der Waals surface area contributed by atoms with Crippen LogP contribution in [0.1, 0.15) is 43.0 Å². The molecule has 0 radical (unpaired) electrons. The summed E-state index contributed by atoms with van der Waals surface area (Å²) in [6.07, 6.45) is 7.36. The van der Waals surface area contributed by atoms with Gasteiger partial charge in [0.25, 0.3) is 5.91 Å². The van der Waals surface area contributed by atoms with E-state index in [1.54, 1.807) is 24.7 Å². The number of phenols is 1. The van der Waals surface area contributed by atoms with Gasteiger partial charge in [0, 0.05) is 5.56 Å². The molecular formula is C18H24N3O4+. The zero-order valence-electron chi connectivity index (χ0n) is 14.3. The molecular weight excluding hydrogens is 322 g/mol. The van der Waals surface area contributed by atoms with Crippen LogP contribution in [0.3, 0.4) is 0 Å². The fourth-order valence-corrected chi connectivity index (χ4v) is 2.76. The van der Waals surface area contributed by atoms with Crippen molar-refractivity contribution in [1.82, 2.24) is 5.32 Å². The van der Waals surface area contributed by atoms with Crippen LogP contribution in [-0.4, -0.2) is 46.0 Å². The molecule has 1 unspecified atom stereocenters. The predicted octanol–water partition coefficient (Wildman–Crippen LogP) is 2.44. The zero-order valence-corrected chi connectivity index (χ0v) is 14.3. The summed E-state index contributed by atoms with van der Waals surface area (Å²) in [5.74, 6) is -0.993. The van der Waals surface area contributed by atoms with Gasteiger partial charge in [-0.1, -0.05) is 25.8 Å². The van der Waals surface area contributed by atoms with E-state index in [0.717, 1.165) is 25.7 Å². The third-order valence-corrected chi connectivity index (χ3v) is 4.01. The number of carboxylic acids is 1. The number of carbonyl (C=O) groups excluding carboxylic acids is 1. The standard InChI is InChI=1S/C18H23N3O4/c1-2-3-4-5-9-21(12-17(23)24)11-16(19-13-21)20-18(25)14-7-6-8-15(22)10-14/h6-8,10-11,13H,2-5,9,12H2,1H3,(H2-,20,22,23,24,25)/p+1.